The minimum absolute atomic E-state index is 0. The SMILES string of the molecule is C.C=CC(=O)NCCSCCCN[C@@H]1O[C@@H](CO)[C@@H](O[C@@H]2OC(CO)[C@@H](O)[C@H](O)C2O)C(O)C1O.C=CC(=O)NCCSCCCN[C@@H]1O[C@@H](CO)[C@@H](O[C@@H]2OC(CO[C@H]3OC[C@@H](O)[C@H](O)C3O[C@@H]3OC(CO)[C@H](O)[C@H](O)C3O)[C@@H](O[C@@H]3O[C@@H](CO[C@H]4OC[C@@H](O)[C@H](O)C4O[C@@H]4OC(CO)[C@H](O)[C@H](O)C4O)[C@@H](O[C@@H]4OC(CO[C@H]5OC[C@@H](O)[C@H](O)C5O)[C@@H](O)[C@H](O)C4O)C(O)C3O)[C@H](O)C2O)C(O)C1O.CC=O.CC=O. The van der Waals surface area contributed by atoms with E-state index >= 15 is 0 Å². The van der Waals surface area contributed by atoms with E-state index in [1.807, 2.05) is 0 Å². The number of aldehydes is 2. The van der Waals surface area contributed by atoms with E-state index < -0.39 is 392 Å². The summed E-state index contributed by atoms with van der Waals surface area (Å²) in [5.41, 5.74) is 0. The van der Waals surface area contributed by atoms with Gasteiger partial charge in [-0.1, -0.05) is 20.6 Å². The fourth-order valence-electron chi connectivity index (χ4n) is 16.4. The van der Waals surface area contributed by atoms with Crippen molar-refractivity contribution < 1.29 is 277 Å². The Morgan fingerprint density at radius 2 is 0.534 bits per heavy atom. The molecule has 852 valence electrons. The van der Waals surface area contributed by atoms with E-state index in [1.54, 1.807) is 11.8 Å². The molecule has 0 spiro atoms. The second-order valence-corrected chi connectivity index (χ2v) is 37.3. The first kappa shape index (κ1) is 129. The Balaban J connectivity index is 0.000000588. The van der Waals surface area contributed by atoms with Crippen molar-refractivity contribution in [2.45, 2.75) is 353 Å². The number of ether oxygens (including phenoxy) is 20. The van der Waals surface area contributed by atoms with Gasteiger partial charge in [0.2, 0.25) is 11.8 Å². The van der Waals surface area contributed by atoms with Gasteiger partial charge in [0.05, 0.1) is 72.7 Å². The van der Waals surface area contributed by atoms with Crippen molar-refractivity contribution in [2.75, 3.05) is 122 Å². The minimum atomic E-state index is -2.48. The molecule has 60 nitrogen and oxygen atoms in total. The maximum Gasteiger partial charge on any atom is 0.243 e. The molecule has 11 aliphatic heterocycles. The molecular weight excluding hydrogens is 2030 g/mol. The number of rotatable bonds is 44. The molecule has 11 heterocycles. The third kappa shape index (κ3) is 34.2. The summed E-state index contributed by atoms with van der Waals surface area (Å²) in [5, 5.41) is 355. The molecule has 62 heteroatoms. The van der Waals surface area contributed by atoms with E-state index in [2.05, 4.69) is 34.4 Å². The van der Waals surface area contributed by atoms with Crippen LogP contribution in [0, 0.1) is 0 Å². The number of carbonyl (C=O) groups excluding carboxylic acids is 4. The van der Waals surface area contributed by atoms with Crippen LogP contribution in [0.2, 0.25) is 0 Å². The van der Waals surface area contributed by atoms with Gasteiger partial charge in [-0.3, -0.25) is 20.2 Å². The molecule has 19 unspecified atom stereocenters. The van der Waals surface area contributed by atoms with Crippen molar-refractivity contribution in [1.82, 2.24) is 21.3 Å². The summed E-state index contributed by atoms with van der Waals surface area (Å²) in [6, 6.07) is 0. The lowest BCUT2D eigenvalue weighted by molar-refractivity contribution is -0.395. The van der Waals surface area contributed by atoms with Gasteiger partial charge in [-0.05, 0) is 63.4 Å². The van der Waals surface area contributed by atoms with Gasteiger partial charge >= 0.3 is 0 Å². The molecule has 52 atom stereocenters. The summed E-state index contributed by atoms with van der Waals surface area (Å²) in [7, 11) is 0. The van der Waals surface area contributed by atoms with Gasteiger partial charge in [-0.15, -0.1) is 0 Å². The van der Waals surface area contributed by atoms with Crippen molar-refractivity contribution in [3.05, 3.63) is 25.3 Å². The van der Waals surface area contributed by atoms with E-state index in [4.69, 9.17) is 104 Å². The molecule has 0 radical (unpaired) electrons. The Morgan fingerprint density at radius 1 is 0.288 bits per heavy atom. The monoisotopic (exact) mass is 2170 g/mol. The van der Waals surface area contributed by atoms with Crippen molar-refractivity contribution in [3.63, 3.8) is 0 Å². The maximum absolute atomic E-state index is 12.3. The van der Waals surface area contributed by atoms with Crippen LogP contribution >= 0.6 is 23.5 Å². The second-order valence-electron chi connectivity index (χ2n) is 34.8. The minimum Gasteiger partial charge on any atom is -0.394 e. The first-order valence-corrected chi connectivity index (χ1v) is 48.8. The predicted molar refractivity (Wildman–Crippen MR) is 480 cm³/mol. The number of carbonyl (C=O) groups is 4. The van der Waals surface area contributed by atoms with Crippen LogP contribution in [0.25, 0.3) is 0 Å². The zero-order valence-electron chi connectivity index (χ0n) is 78.5. The summed E-state index contributed by atoms with van der Waals surface area (Å²) >= 11 is 3.11. The lowest BCUT2D eigenvalue weighted by Crippen LogP contribution is -2.68. The topological polar surface area (TPSA) is 948 Å². The third-order valence-electron chi connectivity index (χ3n) is 24.6. The lowest BCUT2D eigenvalue weighted by atomic mass is 9.95. The summed E-state index contributed by atoms with van der Waals surface area (Å²) in [4.78, 5) is 40.1. The highest BCUT2D eigenvalue weighted by atomic mass is 32.2. The molecule has 0 saturated carbocycles. The summed E-state index contributed by atoms with van der Waals surface area (Å²) in [6.45, 7) is 2.18. The fraction of sp³-hybridized carbons (Fsp3) is 0.905. The average molecular weight is 2170 g/mol. The molecule has 2 amide bonds. The number of aliphatic hydroxyl groups is 32. The normalized spacial score (nSPS) is 44.7. The largest absolute Gasteiger partial charge is 0.394 e. The highest BCUT2D eigenvalue weighted by Crippen LogP contribution is 2.40. The first-order valence-electron chi connectivity index (χ1n) is 46.5. The van der Waals surface area contributed by atoms with Gasteiger partial charge in [0, 0.05) is 24.6 Å². The summed E-state index contributed by atoms with van der Waals surface area (Å²) in [6.07, 6.45) is -92.4. The van der Waals surface area contributed by atoms with Gasteiger partial charge < -0.3 is 278 Å². The van der Waals surface area contributed by atoms with Crippen molar-refractivity contribution in [1.29, 1.82) is 0 Å². The molecule has 0 aromatic rings. The average Bonchev–Trinajstić information content (AvgIpc) is 0.797. The van der Waals surface area contributed by atoms with Crippen molar-refractivity contribution in [3.8, 4) is 0 Å². The Labute approximate surface area is 843 Å². The number of nitrogens with one attached hydrogen (secondary N) is 4. The predicted octanol–water partition coefficient (Wildman–Crippen LogP) is -21.0. The van der Waals surface area contributed by atoms with Gasteiger partial charge in [-0.2, -0.15) is 23.5 Å². The summed E-state index contributed by atoms with van der Waals surface area (Å²) < 4.78 is 115. The van der Waals surface area contributed by atoms with E-state index in [1.165, 1.54) is 31.7 Å². The number of thioether (sulfide) groups is 2. The summed E-state index contributed by atoms with van der Waals surface area (Å²) in [5.74, 6) is 2.05. The molecule has 36 N–H and O–H groups in total. The van der Waals surface area contributed by atoms with Gasteiger partial charge in [0.25, 0.3) is 0 Å². The van der Waals surface area contributed by atoms with Crippen molar-refractivity contribution in [2.24, 2.45) is 0 Å². The Kier molecular flexibility index (Phi) is 56.2. The van der Waals surface area contributed by atoms with Gasteiger partial charge in [-0.25, -0.2) is 0 Å². The van der Waals surface area contributed by atoms with E-state index in [9.17, 15) is 173 Å². The lowest BCUT2D eigenvalue weighted by Gasteiger charge is -2.50. The Hall–Kier alpha value is -3.70. The molecule has 11 aliphatic rings. The smallest absolute Gasteiger partial charge is 0.243 e. The van der Waals surface area contributed by atoms with Crippen LogP contribution in [0.4, 0.5) is 0 Å². The molecule has 11 fully saturated rings. The fourth-order valence-corrected chi connectivity index (χ4v) is 18.0. The zero-order chi connectivity index (χ0) is 107. The second kappa shape index (κ2) is 63.5. The standard InChI is InChI=1S/C59H100N2O43S.C20H36N2O11S.2C2H4O.CH4/c1-2-26(68)60-5-7-105-6-3-4-61-51-39(81)36(78)46(22(10-64)94-51)100-56-44(86)37(79)48(25(98-56)16-93-59-50(29(71)19(67)13-90-59)104-54-42(84)34(76)31(73)21(9-63)96-54)102-57-45(87)38(80)47(101-55-43(85)35(77)32(74)23(97-55)14-91-52-40(82)27(69)17(65)11-88-52)24(99-57)15-92-58-49(28(70)18(66)12-89-58)103-53-41(83)33(75)30(72)20(8-62)95-53;1-2-12(25)21-5-7-34-6-3-4-22-19-16(29)15(28)18(11(9-24)31-19)33-20-17(30)14(27)13(26)10(8-23)32-20;2*1-2-3;/h2,17-25,27-59,61-67,69-87H,1,3-16H2,(H,60,68);2,10-11,13-20,22-24,26-30H,1,3-9H2,(H,21,25);2*2H,1H3;1H4/t17-,18-,19-,20?,21?,22+,23?,24+,25?,27+,28+,29+,30+,31+,32-,33+,34+,35+,36?,37-,38?,39?,40?,41?,42?,43?,44?,45?,46-,47-,48-,49?,50?,51-,52-,53+,54+,55+,56+,57+,58-,59-;10?,11-,13+,14-,15?,16?,17?,18+,19+,20-;;;/m10.../s1. The van der Waals surface area contributed by atoms with Crippen molar-refractivity contribution >= 4 is 47.9 Å². The van der Waals surface area contributed by atoms with E-state index in [0.29, 0.717) is 44.0 Å². The van der Waals surface area contributed by atoms with Crippen LogP contribution in [-0.4, -0.2) is 629 Å². The van der Waals surface area contributed by atoms with E-state index in [0.717, 1.165) is 30.2 Å². The quantitative estimate of drug-likeness (QED) is 0.0153. The first-order chi connectivity index (χ1) is 69.0. The number of hydrogen-bond acceptors (Lipinski definition) is 60. The van der Waals surface area contributed by atoms with E-state index in [-0.39, 0.29) is 25.8 Å². The van der Waals surface area contributed by atoms with Crippen LogP contribution < -0.4 is 21.3 Å². The Morgan fingerprint density at radius 3 is 0.849 bits per heavy atom. The zero-order valence-corrected chi connectivity index (χ0v) is 80.2. The molecule has 11 saturated heterocycles. The van der Waals surface area contributed by atoms with Crippen LogP contribution in [0.15, 0.2) is 25.3 Å². The van der Waals surface area contributed by atoms with Crippen LogP contribution in [0.3, 0.4) is 0 Å². The van der Waals surface area contributed by atoms with Gasteiger partial charge in [0.1, 0.15) is 275 Å². The van der Waals surface area contributed by atoms with Crippen LogP contribution in [-0.2, 0) is 114 Å². The molecular formula is C84H148N4O56S2. The highest BCUT2D eigenvalue weighted by Gasteiger charge is 2.60. The molecule has 0 aromatic carbocycles. The number of aliphatic hydroxyl groups excluding tert-OH is 32. The highest BCUT2D eigenvalue weighted by molar-refractivity contribution is 7.99. The molecule has 0 bridgehead atoms. The number of hydrogen-bond donors (Lipinski definition) is 36. The third-order valence-corrected chi connectivity index (χ3v) is 26.8. The Bertz CT molecular complexity index is 3700. The van der Waals surface area contributed by atoms with Crippen LogP contribution in [0.1, 0.15) is 34.1 Å². The molecule has 0 aromatic heterocycles. The van der Waals surface area contributed by atoms with Gasteiger partial charge in [0.15, 0.2) is 56.6 Å². The molecule has 146 heavy (non-hydrogen) atoms. The maximum atomic E-state index is 12.3. The number of amides is 2. The van der Waals surface area contributed by atoms with Crippen LogP contribution in [0.5, 0.6) is 0 Å². The molecule has 11 rings (SSSR count). The molecule has 0 aliphatic carbocycles.